The maximum Gasteiger partial charge on any atom is 0.407 e. The molecule has 2 bridgehead atoms. The van der Waals surface area contributed by atoms with Crippen molar-refractivity contribution in [3.8, 4) is 45.1 Å². The first-order valence-electron chi connectivity index (χ1n) is 20.4. The predicted octanol–water partition coefficient (Wildman–Crippen LogP) is 6.12. The van der Waals surface area contributed by atoms with Crippen LogP contribution in [0.4, 0.5) is 9.59 Å². The number of nitrogens with zero attached hydrogens (tertiary/aromatic N) is 4. The Kier molecular flexibility index (Phi) is 10.7. The van der Waals surface area contributed by atoms with Gasteiger partial charge in [-0.25, -0.2) is 19.6 Å². The van der Waals surface area contributed by atoms with Crippen molar-refractivity contribution in [1.82, 2.24) is 40.4 Å². The van der Waals surface area contributed by atoms with Gasteiger partial charge in [0.1, 0.15) is 29.3 Å². The number of piperidine rings is 1. The summed E-state index contributed by atoms with van der Waals surface area (Å²) in [7, 11) is 2.58. The summed E-state index contributed by atoms with van der Waals surface area (Å²) < 4.78 is 21.7. The Morgan fingerprint density at radius 3 is 2.08 bits per heavy atom. The molecule has 3 fully saturated rings. The largest absolute Gasteiger partial charge is 0.453 e. The minimum absolute atomic E-state index is 0.0738. The van der Waals surface area contributed by atoms with Crippen LogP contribution in [-0.4, -0.2) is 99.9 Å². The van der Waals surface area contributed by atoms with E-state index in [1.54, 1.807) is 17.3 Å². The fourth-order valence-corrected chi connectivity index (χ4v) is 9.28. The second-order valence-electron chi connectivity index (χ2n) is 16.6. The van der Waals surface area contributed by atoms with Crippen LogP contribution in [0, 0.1) is 17.8 Å². The Balaban J connectivity index is 1.00. The zero-order valence-electron chi connectivity index (χ0n) is 34.3. The third-order valence-corrected chi connectivity index (χ3v) is 12.4. The van der Waals surface area contributed by atoms with Crippen LogP contribution in [0.1, 0.15) is 77.5 Å². The number of benzene rings is 2. The highest BCUT2D eigenvalue weighted by Gasteiger charge is 2.56. The van der Waals surface area contributed by atoms with E-state index in [4.69, 9.17) is 23.9 Å². The molecule has 5 heterocycles. The third kappa shape index (κ3) is 7.22. The van der Waals surface area contributed by atoms with E-state index in [0.29, 0.717) is 36.3 Å². The summed E-state index contributed by atoms with van der Waals surface area (Å²) in [5, 5.41) is 5.44. The number of fused-ring (bicyclic) bond motifs is 3. The van der Waals surface area contributed by atoms with E-state index in [1.165, 1.54) is 14.2 Å². The molecule has 0 radical (unpaired) electrons. The number of hydrogen-bond acceptors (Lipinski definition) is 10. The molecule has 5 atom stereocenters. The number of amides is 4. The zero-order valence-corrected chi connectivity index (χ0v) is 34.3. The number of carbonyl (C=O) groups is 4. The van der Waals surface area contributed by atoms with Crippen molar-refractivity contribution < 1.29 is 38.1 Å². The summed E-state index contributed by atoms with van der Waals surface area (Å²) in [6.07, 6.45) is 6.48. The van der Waals surface area contributed by atoms with Gasteiger partial charge in [-0.05, 0) is 73.1 Å². The van der Waals surface area contributed by atoms with Crippen LogP contribution in [0.3, 0.4) is 0 Å². The normalized spacial score (nSPS) is 21.6. The van der Waals surface area contributed by atoms with Crippen molar-refractivity contribution in [2.45, 2.75) is 83.5 Å². The molecule has 312 valence electrons. The molecule has 1 saturated carbocycles. The van der Waals surface area contributed by atoms with E-state index >= 15 is 0 Å². The molecule has 59 heavy (non-hydrogen) atoms. The van der Waals surface area contributed by atoms with Crippen LogP contribution < -0.4 is 20.1 Å². The quantitative estimate of drug-likeness (QED) is 0.137. The summed E-state index contributed by atoms with van der Waals surface area (Å²) in [5.74, 6) is 2.48. The maximum atomic E-state index is 14.0. The molecule has 4 aliphatic rings. The van der Waals surface area contributed by atoms with Crippen molar-refractivity contribution in [2.24, 2.45) is 17.8 Å². The number of hydrogen-bond donors (Lipinski definition) is 4. The summed E-state index contributed by atoms with van der Waals surface area (Å²) >= 11 is 0. The first kappa shape index (κ1) is 39.8. The van der Waals surface area contributed by atoms with E-state index in [1.807, 2.05) is 69.0 Å². The monoisotopic (exact) mass is 808 g/mol. The molecule has 4 amide bonds. The first-order chi connectivity index (χ1) is 28.4. The van der Waals surface area contributed by atoms with E-state index in [9.17, 15) is 19.2 Å². The lowest BCUT2D eigenvalue weighted by Crippen LogP contribution is -2.56. The Hall–Kier alpha value is -6.06. The topological polar surface area (TPSA) is 193 Å². The number of aromatic nitrogens is 4. The standard InChI is InChI=1S/C43H52N8O8/c1-23(2)33(48-41(54)56-5)38(52)50-17-7-8-32(50)37-44-19-30(46-37)27-11-9-26(10-12-27)28-13-14-29(36-35(28)58-22-59-36)31-20-45-40(47-31)43-16-15-25(18-43)21-51(43)39(53)34(24(3)4)49-42(55)57-6/h9-14,19-20,23-25,32-34H,7-8,15-18,21-22H2,1-6H3,(H,44,46)(H,45,47)(H,48,54)(H,49,55)/t25?,32-,33-,34-,43?/m0/s1. The molecule has 8 rings (SSSR count). The highest BCUT2D eigenvalue weighted by Crippen LogP contribution is 2.53. The van der Waals surface area contributed by atoms with E-state index in [-0.39, 0.29) is 36.5 Å². The molecule has 3 aliphatic heterocycles. The Bertz CT molecular complexity index is 2230. The van der Waals surface area contributed by atoms with E-state index in [2.05, 4.69) is 25.6 Å². The van der Waals surface area contributed by atoms with Gasteiger partial charge in [-0.15, -0.1) is 0 Å². The van der Waals surface area contributed by atoms with Gasteiger partial charge in [0, 0.05) is 24.2 Å². The smallest absolute Gasteiger partial charge is 0.407 e. The molecule has 2 saturated heterocycles. The molecule has 2 aromatic carbocycles. The Morgan fingerprint density at radius 2 is 1.42 bits per heavy atom. The Morgan fingerprint density at radius 1 is 0.797 bits per heavy atom. The van der Waals surface area contributed by atoms with Crippen molar-refractivity contribution >= 4 is 24.0 Å². The van der Waals surface area contributed by atoms with Gasteiger partial charge in [0.2, 0.25) is 18.6 Å². The van der Waals surface area contributed by atoms with Gasteiger partial charge < -0.3 is 49.3 Å². The van der Waals surface area contributed by atoms with Gasteiger partial charge in [-0.2, -0.15) is 0 Å². The average Bonchev–Trinajstić information content (AvgIpc) is 4.10. The summed E-state index contributed by atoms with van der Waals surface area (Å²) in [4.78, 5) is 72.0. The molecule has 0 spiro atoms. The minimum Gasteiger partial charge on any atom is -0.453 e. The van der Waals surface area contributed by atoms with Gasteiger partial charge in [-0.3, -0.25) is 9.59 Å². The second kappa shape index (κ2) is 15.9. The predicted molar refractivity (Wildman–Crippen MR) is 216 cm³/mol. The number of alkyl carbamates (subject to hydrolysis) is 2. The van der Waals surface area contributed by atoms with Gasteiger partial charge in [-0.1, -0.05) is 52.0 Å². The number of imidazole rings is 2. The van der Waals surface area contributed by atoms with Crippen molar-refractivity contribution in [3.63, 3.8) is 0 Å². The van der Waals surface area contributed by atoms with E-state index in [0.717, 1.165) is 71.6 Å². The summed E-state index contributed by atoms with van der Waals surface area (Å²) in [6, 6.07) is 10.4. The summed E-state index contributed by atoms with van der Waals surface area (Å²) in [6.45, 7) is 8.87. The van der Waals surface area contributed by atoms with Crippen molar-refractivity contribution in [1.29, 1.82) is 0 Å². The lowest BCUT2D eigenvalue weighted by Gasteiger charge is -2.40. The number of rotatable bonds is 11. The SMILES string of the molecule is COC(=O)N[C@H](C(=O)N1CCC[C@H]1c1ncc(-c2ccc(-c3ccc(-c4cnc(C56CCC(CN5C(=O)[C@@H](NC(=O)OC)C(C)C)C6)[nH]4)c4c3OCO4)cc2)[nH]1)C(C)C. The van der Waals surface area contributed by atoms with Crippen LogP contribution in [0.5, 0.6) is 11.5 Å². The first-order valence-corrected chi connectivity index (χ1v) is 20.4. The average molecular weight is 809 g/mol. The Labute approximate surface area is 342 Å². The molecular formula is C43H52N8O8. The van der Waals surface area contributed by atoms with Gasteiger partial charge >= 0.3 is 12.2 Å². The number of likely N-dealkylation sites (tertiary alicyclic amines) is 2. The van der Waals surface area contributed by atoms with Crippen LogP contribution in [0.15, 0.2) is 48.8 Å². The van der Waals surface area contributed by atoms with Crippen LogP contribution in [-0.2, 0) is 24.6 Å². The molecule has 16 heteroatoms. The molecule has 2 aromatic heterocycles. The number of carbonyl (C=O) groups excluding carboxylic acids is 4. The van der Waals surface area contributed by atoms with Crippen LogP contribution in [0.25, 0.3) is 33.6 Å². The fraction of sp³-hybridized carbons (Fsp3) is 0.488. The highest BCUT2D eigenvalue weighted by molar-refractivity contribution is 5.88. The van der Waals surface area contributed by atoms with Crippen LogP contribution in [0.2, 0.25) is 0 Å². The molecule has 2 unspecified atom stereocenters. The molecule has 1 aliphatic carbocycles. The molecule has 4 aromatic rings. The third-order valence-electron chi connectivity index (χ3n) is 12.4. The number of H-pyrrole nitrogens is 2. The van der Waals surface area contributed by atoms with Crippen molar-refractivity contribution in [2.75, 3.05) is 34.1 Å². The number of methoxy groups -OCH3 is 2. The lowest BCUT2D eigenvalue weighted by molar-refractivity contribution is -0.140. The van der Waals surface area contributed by atoms with Crippen molar-refractivity contribution in [3.05, 3.63) is 60.4 Å². The summed E-state index contributed by atoms with van der Waals surface area (Å²) in [5.41, 5.74) is 4.52. The van der Waals surface area contributed by atoms with Gasteiger partial charge in [0.15, 0.2) is 11.5 Å². The van der Waals surface area contributed by atoms with Crippen LogP contribution >= 0.6 is 0 Å². The van der Waals surface area contributed by atoms with E-state index < -0.39 is 29.8 Å². The highest BCUT2D eigenvalue weighted by atomic mass is 16.7. The number of aromatic amines is 2. The molecule has 16 nitrogen and oxygen atoms in total. The minimum atomic E-state index is -0.720. The van der Waals surface area contributed by atoms with Gasteiger partial charge in [0.05, 0.1) is 44.0 Å². The fourth-order valence-electron chi connectivity index (χ4n) is 9.28. The number of nitrogens with one attached hydrogen (secondary N) is 4. The maximum absolute atomic E-state index is 14.0. The zero-order chi connectivity index (χ0) is 41.6. The lowest BCUT2D eigenvalue weighted by atomic mass is 9.93. The number of ether oxygens (including phenoxy) is 4. The van der Waals surface area contributed by atoms with Gasteiger partial charge in [0.25, 0.3) is 0 Å². The molecule has 4 N–H and O–H groups in total. The second-order valence-corrected chi connectivity index (χ2v) is 16.6. The molecular weight excluding hydrogens is 757 g/mol.